The van der Waals surface area contributed by atoms with E-state index in [1.165, 1.54) is 4.68 Å². The van der Waals surface area contributed by atoms with Gasteiger partial charge in [-0.1, -0.05) is 35.3 Å². The van der Waals surface area contributed by atoms with E-state index in [9.17, 15) is 9.59 Å². The standard InChI is InChI=1S/C25H19Cl2N3O4/c1-2-33-21-12-10-20(11-13-21)30-24(17-4-3-5-19(27)14-17)28-23(29-30)25(32)34-15-22(31)16-6-8-18(26)9-7-16/h3-14H,2,15H2,1H3. The average Bonchev–Trinajstić information content (AvgIpc) is 3.29. The molecule has 1 aromatic heterocycles. The van der Waals surface area contributed by atoms with Crippen LogP contribution >= 0.6 is 23.2 Å². The highest BCUT2D eigenvalue weighted by Crippen LogP contribution is 2.25. The number of halogens is 2. The number of ketones is 1. The number of hydrogen-bond acceptors (Lipinski definition) is 6. The summed E-state index contributed by atoms with van der Waals surface area (Å²) in [5.74, 6) is -0.285. The fourth-order valence-electron chi connectivity index (χ4n) is 3.16. The van der Waals surface area contributed by atoms with Crippen LogP contribution in [0.5, 0.6) is 5.75 Å². The van der Waals surface area contributed by atoms with Crippen LogP contribution < -0.4 is 4.74 Å². The maximum Gasteiger partial charge on any atom is 0.378 e. The van der Waals surface area contributed by atoms with E-state index in [1.54, 1.807) is 72.8 Å². The average molecular weight is 496 g/mol. The first-order valence-corrected chi connectivity index (χ1v) is 11.1. The molecule has 0 atom stereocenters. The Morgan fingerprint density at radius 1 is 0.941 bits per heavy atom. The van der Waals surface area contributed by atoms with E-state index in [1.807, 2.05) is 6.92 Å². The zero-order chi connectivity index (χ0) is 24.1. The largest absolute Gasteiger partial charge is 0.494 e. The molecular formula is C25H19Cl2N3O4. The molecule has 0 N–H and O–H groups in total. The van der Waals surface area contributed by atoms with E-state index < -0.39 is 12.6 Å². The first-order valence-electron chi connectivity index (χ1n) is 10.4. The predicted octanol–water partition coefficient (Wildman–Crippen LogP) is 5.68. The lowest BCUT2D eigenvalue weighted by Crippen LogP contribution is -2.15. The third-order valence-corrected chi connectivity index (χ3v) is 5.25. The molecule has 0 amide bonds. The Hall–Kier alpha value is -3.68. The molecule has 0 aliphatic heterocycles. The maximum atomic E-state index is 12.7. The second kappa shape index (κ2) is 10.5. The first kappa shape index (κ1) is 23.5. The Morgan fingerprint density at radius 2 is 1.68 bits per heavy atom. The second-order valence-electron chi connectivity index (χ2n) is 7.11. The van der Waals surface area contributed by atoms with Crippen LogP contribution in [0.1, 0.15) is 27.9 Å². The number of aromatic nitrogens is 3. The molecule has 9 heteroatoms. The lowest BCUT2D eigenvalue weighted by molar-refractivity contribution is 0.0462. The summed E-state index contributed by atoms with van der Waals surface area (Å²) in [6.45, 7) is 1.99. The number of benzene rings is 3. The van der Waals surface area contributed by atoms with E-state index in [-0.39, 0.29) is 11.6 Å². The Kier molecular flexibility index (Phi) is 7.25. The van der Waals surface area contributed by atoms with Gasteiger partial charge in [0.2, 0.25) is 0 Å². The highest BCUT2D eigenvalue weighted by atomic mass is 35.5. The summed E-state index contributed by atoms with van der Waals surface area (Å²) in [5.41, 5.74) is 1.69. The van der Waals surface area contributed by atoms with Crippen molar-refractivity contribution in [3.8, 4) is 22.8 Å². The highest BCUT2D eigenvalue weighted by Gasteiger charge is 2.21. The Balaban J connectivity index is 1.61. The van der Waals surface area contributed by atoms with Gasteiger partial charge in [-0.05, 0) is 67.6 Å². The third kappa shape index (κ3) is 5.44. The van der Waals surface area contributed by atoms with E-state index >= 15 is 0 Å². The van der Waals surface area contributed by atoms with Gasteiger partial charge < -0.3 is 9.47 Å². The molecule has 3 aromatic carbocycles. The Morgan fingerprint density at radius 3 is 2.35 bits per heavy atom. The highest BCUT2D eigenvalue weighted by molar-refractivity contribution is 6.31. The Bertz CT molecular complexity index is 1320. The number of rotatable bonds is 8. The number of hydrogen-bond donors (Lipinski definition) is 0. The normalized spacial score (nSPS) is 10.7. The van der Waals surface area contributed by atoms with Crippen molar-refractivity contribution in [2.45, 2.75) is 6.92 Å². The van der Waals surface area contributed by atoms with Crippen molar-refractivity contribution in [3.63, 3.8) is 0 Å². The zero-order valence-electron chi connectivity index (χ0n) is 18.1. The van der Waals surface area contributed by atoms with Crippen molar-refractivity contribution in [1.82, 2.24) is 14.8 Å². The molecule has 4 rings (SSSR count). The molecule has 0 spiro atoms. The minimum absolute atomic E-state index is 0.187. The van der Waals surface area contributed by atoms with Crippen LogP contribution in [0, 0.1) is 0 Å². The van der Waals surface area contributed by atoms with Crippen molar-refractivity contribution in [2.24, 2.45) is 0 Å². The summed E-state index contributed by atoms with van der Waals surface area (Å²) in [5, 5.41) is 5.36. The number of esters is 1. The summed E-state index contributed by atoms with van der Waals surface area (Å²) in [7, 11) is 0. The van der Waals surface area contributed by atoms with Gasteiger partial charge >= 0.3 is 5.97 Å². The van der Waals surface area contributed by atoms with Gasteiger partial charge in [0.05, 0.1) is 12.3 Å². The third-order valence-electron chi connectivity index (χ3n) is 4.77. The molecule has 4 aromatic rings. The minimum Gasteiger partial charge on any atom is -0.494 e. The van der Waals surface area contributed by atoms with Gasteiger partial charge in [-0.2, -0.15) is 0 Å². The molecule has 1 heterocycles. The molecule has 0 saturated heterocycles. The van der Waals surface area contributed by atoms with Gasteiger partial charge in [0.25, 0.3) is 5.82 Å². The van der Waals surface area contributed by atoms with Gasteiger partial charge in [-0.25, -0.2) is 14.5 Å². The van der Waals surface area contributed by atoms with Crippen LogP contribution in [0.25, 0.3) is 17.1 Å². The van der Waals surface area contributed by atoms with Crippen LogP contribution in [0.15, 0.2) is 72.8 Å². The smallest absolute Gasteiger partial charge is 0.378 e. The minimum atomic E-state index is -0.824. The number of carbonyl (C=O) groups excluding carboxylic acids is 2. The second-order valence-corrected chi connectivity index (χ2v) is 7.99. The topological polar surface area (TPSA) is 83.3 Å². The maximum absolute atomic E-state index is 12.7. The molecule has 0 aliphatic carbocycles. The van der Waals surface area contributed by atoms with E-state index in [0.29, 0.717) is 45.0 Å². The van der Waals surface area contributed by atoms with Crippen LogP contribution in [0.4, 0.5) is 0 Å². The quantitative estimate of drug-likeness (QED) is 0.231. The number of Topliss-reactive ketones (excluding diaryl/α,β-unsaturated/α-hetero) is 1. The summed E-state index contributed by atoms with van der Waals surface area (Å²) in [6.07, 6.45) is 0. The van der Waals surface area contributed by atoms with E-state index in [0.717, 1.165) is 0 Å². The predicted molar refractivity (Wildman–Crippen MR) is 129 cm³/mol. The molecule has 0 aliphatic rings. The number of nitrogens with zero attached hydrogens (tertiary/aromatic N) is 3. The summed E-state index contributed by atoms with van der Waals surface area (Å²) < 4.78 is 12.2. The fraction of sp³-hybridized carbons (Fsp3) is 0.120. The molecule has 0 bridgehead atoms. The van der Waals surface area contributed by atoms with Crippen LogP contribution in [-0.2, 0) is 4.74 Å². The lowest BCUT2D eigenvalue weighted by atomic mass is 10.1. The van der Waals surface area contributed by atoms with Crippen LogP contribution in [-0.4, -0.2) is 39.7 Å². The van der Waals surface area contributed by atoms with E-state index in [4.69, 9.17) is 32.7 Å². The van der Waals surface area contributed by atoms with Gasteiger partial charge in [-0.3, -0.25) is 4.79 Å². The molecule has 0 saturated carbocycles. The fourth-order valence-corrected chi connectivity index (χ4v) is 3.47. The van der Waals surface area contributed by atoms with Crippen LogP contribution in [0.2, 0.25) is 10.0 Å². The molecular weight excluding hydrogens is 477 g/mol. The molecule has 0 radical (unpaired) electrons. The summed E-state index contributed by atoms with van der Waals surface area (Å²) >= 11 is 12.0. The van der Waals surface area contributed by atoms with Gasteiger partial charge in [0.15, 0.2) is 18.2 Å². The van der Waals surface area contributed by atoms with Crippen LogP contribution in [0.3, 0.4) is 0 Å². The lowest BCUT2D eigenvalue weighted by Gasteiger charge is -2.08. The number of ether oxygens (including phenoxy) is 2. The number of carbonyl (C=O) groups is 2. The zero-order valence-corrected chi connectivity index (χ0v) is 19.6. The summed E-state index contributed by atoms with van der Waals surface area (Å²) in [4.78, 5) is 29.4. The molecule has 34 heavy (non-hydrogen) atoms. The van der Waals surface area contributed by atoms with Crippen molar-refractivity contribution in [2.75, 3.05) is 13.2 Å². The van der Waals surface area contributed by atoms with Gasteiger partial charge in [0, 0.05) is 21.2 Å². The SMILES string of the molecule is CCOc1ccc(-n2nc(C(=O)OCC(=O)c3ccc(Cl)cc3)nc2-c2cccc(Cl)c2)cc1. The molecule has 7 nitrogen and oxygen atoms in total. The molecule has 0 unspecified atom stereocenters. The van der Waals surface area contributed by atoms with Gasteiger partial charge in [0.1, 0.15) is 5.75 Å². The monoisotopic (exact) mass is 495 g/mol. The summed E-state index contributed by atoms with van der Waals surface area (Å²) in [6, 6.07) is 20.5. The van der Waals surface area contributed by atoms with E-state index in [2.05, 4.69) is 10.1 Å². The van der Waals surface area contributed by atoms with Crippen molar-refractivity contribution < 1.29 is 19.1 Å². The van der Waals surface area contributed by atoms with Gasteiger partial charge in [-0.15, -0.1) is 5.10 Å². The Labute approximate surface area is 205 Å². The molecule has 0 fully saturated rings. The first-order chi connectivity index (χ1) is 16.4. The van der Waals surface area contributed by atoms with Crippen molar-refractivity contribution in [3.05, 3.63) is 94.2 Å². The van der Waals surface area contributed by atoms with Crippen molar-refractivity contribution in [1.29, 1.82) is 0 Å². The van der Waals surface area contributed by atoms with Crippen molar-refractivity contribution >= 4 is 35.0 Å². The molecule has 172 valence electrons.